The number of methoxy groups -OCH3 is 2. The largest absolute Gasteiger partial charge is 0.493 e. The van der Waals surface area contributed by atoms with Gasteiger partial charge in [0, 0.05) is 26.1 Å². The number of aromatic amines is 1. The number of imidazole rings is 1. The van der Waals surface area contributed by atoms with E-state index in [2.05, 4.69) is 44.7 Å². The molecule has 31 heavy (non-hydrogen) atoms. The van der Waals surface area contributed by atoms with Crippen molar-refractivity contribution in [2.75, 3.05) is 33.9 Å². The first-order valence-corrected chi connectivity index (χ1v) is 10.4. The third kappa shape index (κ3) is 7.30. The number of fused-ring (bicyclic) bond motifs is 1. The van der Waals surface area contributed by atoms with Crippen molar-refractivity contribution in [2.24, 2.45) is 4.99 Å². The van der Waals surface area contributed by atoms with Gasteiger partial charge in [-0.25, -0.2) is 4.98 Å². The number of nitrogens with one attached hydrogen (secondary N) is 3. The Morgan fingerprint density at radius 3 is 2.58 bits per heavy atom. The Hall–Kier alpha value is -2.49. The molecule has 1 heterocycles. The van der Waals surface area contributed by atoms with Gasteiger partial charge in [0.25, 0.3) is 0 Å². The van der Waals surface area contributed by atoms with Crippen LogP contribution in [0, 0.1) is 0 Å². The maximum atomic E-state index is 5.37. The zero-order valence-electron chi connectivity index (χ0n) is 18.4. The zero-order valence-corrected chi connectivity index (χ0v) is 20.7. The van der Waals surface area contributed by atoms with Crippen LogP contribution in [0.4, 0.5) is 0 Å². The molecule has 3 N–H and O–H groups in total. The topological polar surface area (TPSA) is 83.6 Å². The van der Waals surface area contributed by atoms with Gasteiger partial charge in [-0.2, -0.15) is 0 Å². The number of para-hydroxylation sites is 2. The summed E-state index contributed by atoms with van der Waals surface area (Å²) in [5.74, 6) is 3.34. The normalized spacial score (nSPS) is 11.1. The van der Waals surface area contributed by atoms with Crippen molar-refractivity contribution in [2.45, 2.75) is 26.2 Å². The molecule has 0 aliphatic carbocycles. The van der Waals surface area contributed by atoms with Crippen molar-refractivity contribution in [3.05, 3.63) is 53.9 Å². The third-order valence-corrected chi connectivity index (χ3v) is 4.78. The minimum absolute atomic E-state index is 0. The van der Waals surface area contributed by atoms with Crippen LogP contribution in [-0.2, 0) is 12.8 Å². The van der Waals surface area contributed by atoms with E-state index in [4.69, 9.17) is 9.47 Å². The Bertz CT molecular complexity index is 941. The number of aryl methyl sites for hydroxylation is 1. The number of aliphatic imine (C=N–C) groups is 1. The molecule has 0 spiro atoms. The second-order valence-corrected chi connectivity index (χ2v) is 6.93. The van der Waals surface area contributed by atoms with Crippen LogP contribution in [0.1, 0.15) is 24.7 Å². The highest BCUT2D eigenvalue weighted by molar-refractivity contribution is 14.0. The average molecular weight is 537 g/mol. The molecule has 0 saturated carbocycles. The molecule has 3 rings (SSSR count). The minimum atomic E-state index is 0. The molecular formula is C23H32IN5O2. The molecule has 8 heteroatoms. The first kappa shape index (κ1) is 24.8. The summed E-state index contributed by atoms with van der Waals surface area (Å²) < 4.78 is 10.7. The van der Waals surface area contributed by atoms with Gasteiger partial charge in [0.05, 0.1) is 25.3 Å². The Kier molecular flexibility index (Phi) is 10.4. The van der Waals surface area contributed by atoms with E-state index in [0.29, 0.717) is 0 Å². The highest BCUT2D eigenvalue weighted by Gasteiger charge is 2.05. The molecule has 2 aromatic carbocycles. The van der Waals surface area contributed by atoms with Crippen LogP contribution < -0.4 is 20.1 Å². The molecule has 0 radical (unpaired) electrons. The number of benzene rings is 2. The summed E-state index contributed by atoms with van der Waals surface area (Å²) in [5, 5.41) is 6.70. The van der Waals surface area contributed by atoms with Crippen molar-refractivity contribution in [3.8, 4) is 11.5 Å². The Labute approximate surface area is 201 Å². The lowest BCUT2D eigenvalue weighted by atomic mass is 10.1. The number of hydrogen-bond donors (Lipinski definition) is 3. The molecule has 0 fully saturated rings. The Morgan fingerprint density at radius 2 is 1.84 bits per heavy atom. The summed E-state index contributed by atoms with van der Waals surface area (Å²) in [6.45, 7) is 4.42. The molecule has 0 saturated heterocycles. The van der Waals surface area contributed by atoms with E-state index in [1.165, 1.54) is 5.56 Å². The van der Waals surface area contributed by atoms with Crippen LogP contribution in [0.15, 0.2) is 47.5 Å². The number of aromatic nitrogens is 2. The molecule has 3 aromatic rings. The number of nitrogens with zero attached hydrogens (tertiary/aromatic N) is 2. The van der Waals surface area contributed by atoms with Gasteiger partial charge < -0.3 is 25.1 Å². The number of ether oxygens (including phenoxy) is 2. The van der Waals surface area contributed by atoms with Crippen LogP contribution in [-0.4, -0.2) is 49.8 Å². The number of rotatable bonds is 10. The van der Waals surface area contributed by atoms with Crippen molar-refractivity contribution < 1.29 is 9.47 Å². The standard InChI is InChI=1S/C23H31N5O2.HI/c1-4-24-23(26-15-13-17-11-12-20(29-2)21(16-17)30-3)25-14-7-10-22-27-18-8-5-6-9-19(18)28-22;/h5-6,8-9,11-12,16H,4,7,10,13-15H2,1-3H3,(H,27,28)(H2,24,25,26);1H. The Balaban J connectivity index is 0.00000341. The summed E-state index contributed by atoms with van der Waals surface area (Å²) in [6.07, 6.45) is 2.68. The lowest BCUT2D eigenvalue weighted by Gasteiger charge is -2.12. The van der Waals surface area contributed by atoms with E-state index in [1.807, 2.05) is 30.3 Å². The van der Waals surface area contributed by atoms with Crippen molar-refractivity contribution in [1.82, 2.24) is 20.6 Å². The maximum Gasteiger partial charge on any atom is 0.191 e. The predicted octanol–water partition coefficient (Wildman–Crippen LogP) is 3.93. The van der Waals surface area contributed by atoms with Gasteiger partial charge >= 0.3 is 0 Å². The molecule has 0 atom stereocenters. The minimum Gasteiger partial charge on any atom is -0.493 e. The van der Waals surface area contributed by atoms with Gasteiger partial charge in [0.2, 0.25) is 0 Å². The van der Waals surface area contributed by atoms with E-state index in [9.17, 15) is 0 Å². The maximum absolute atomic E-state index is 5.37. The van der Waals surface area contributed by atoms with Crippen LogP contribution in [0.25, 0.3) is 11.0 Å². The van der Waals surface area contributed by atoms with Crippen LogP contribution >= 0.6 is 24.0 Å². The SMILES string of the molecule is CCNC(=NCCCc1nc2ccccc2[nH]1)NCCc1ccc(OC)c(OC)c1.I. The molecule has 1 aromatic heterocycles. The lowest BCUT2D eigenvalue weighted by molar-refractivity contribution is 0.354. The smallest absolute Gasteiger partial charge is 0.191 e. The van der Waals surface area contributed by atoms with Gasteiger partial charge in [0.1, 0.15) is 5.82 Å². The van der Waals surface area contributed by atoms with E-state index in [1.54, 1.807) is 14.2 Å². The fourth-order valence-electron chi connectivity index (χ4n) is 3.26. The highest BCUT2D eigenvalue weighted by atomic mass is 127. The van der Waals surface area contributed by atoms with Crippen molar-refractivity contribution >= 4 is 41.0 Å². The molecule has 0 aliphatic rings. The monoisotopic (exact) mass is 537 g/mol. The van der Waals surface area contributed by atoms with Crippen molar-refractivity contribution in [3.63, 3.8) is 0 Å². The molecule has 0 aliphatic heterocycles. The third-order valence-electron chi connectivity index (χ3n) is 4.78. The number of hydrogen-bond acceptors (Lipinski definition) is 4. The van der Waals surface area contributed by atoms with E-state index in [-0.39, 0.29) is 24.0 Å². The van der Waals surface area contributed by atoms with Gasteiger partial charge in [0.15, 0.2) is 17.5 Å². The van der Waals surface area contributed by atoms with Gasteiger partial charge in [-0.1, -0.05) is 18.2 Å². The van der Waals surface area contributed by atoms with E-state index < -0.39 is 0 Å². The molecular weight excluding hydrogens is 505 g/mol. The summed E-state index contributed by atoms with van der Waals surface area (Å²) in [5.41, 5.74) is 3.28. The molecule has 0 bridgehead atoms. The summed E-state index contributed by atoms with van der Waals surface area (Å²) in [4.78, 5) is 12.7. The molecule has 0 amide bonds. The Morgan fingerprint density at radius 1 is 1.03 bits per heavy atom. The van der Waals surface area contributed by atoms with E-state index >= 15 is 0 Å². The van der Waals surface area contributed by atoms with Crippen molar-refractivity contribution in [1.29, 1.82) is 0 Å². The van der Waals surface area contributed by atoms with Gasteiger partial charge in [-0.05, 0) is 49.6 Å². The molecule has 168 valence electrons. The summed E-state index contributed by atoms with van der Waals surface area (Å²) in [6, 6.07) is 14.1. The average Bonchev–Trinajstić information content (AvgIpc) is 3.19. The van der Waals surface area contributed by atoms with E-state index in [0.717, 1.165) is 73.2 Å². The fourth-order valence-corrected chi connectivity index (χ4v) is 3.26. The number of halogens is 1. The first-order valence-electron chi connectivity index (χ1n) is 10.4. The lowest BCUT2D eigenvalue weighted by Crippen LogP contribution is -2.38. The zero-order chi connectivity index (χ0) is 21.2. The van der Waals surface area contributed by atoms with Crippen LogP contribution in [0.3, 0.4) is 0 Å². The van der Waals surface area contributed by atoms with Crippen LogP contribution in [0.2, 0.25) is 0 Å². The summed E-state index contributed by atoms with van der Waals surface area (Å²) in [7, 11) is 3.30. The molecule has 0 unspecified atom stereocenters. The quantitative estimate of drug-likeness (QED) is 0.158. The second-order valence-electron chi connectivity index (χ2n) is 6.93. The molecule has 7 nitrogen and oxygen atoms in total. The highest BCUT2D eigenvalue weighted by Crippen LogP contribution is 2.27. The van der Waals surface area contributed by atoms with Gasteiger partial charge in [-0.3, -0.25) is 4.99 Å². The fraction of sp³-hybridized carbons (Fsp3) is 0.391. The van der Waals surface area contributed by atoms with Crippen LogP contribution in [0.5, 0.6) is 11.5 Å². The number of H-pyrrole nitrogens is 1. The number of guanidine groups is 1. The second kappa shape index (κ2) is 13.0. The van der Waals surface area contributed by atoms with Gasteiger partial charge in [-0.15, -0.1) is 24.0 Å². The predicted molar refractivity (Wildman–Crippen MR) is 137 cm³/mol. The summed E-state index contributed by atoms with van der Waals surface area (Å²) >= 11 is 0. The first-order chi connectivity index (χ1) is 14.7.